The Labute approximate surface area is 162 Å². The van der Waals surface area contributed by atoms with E-state index in [-0.39, 0.29) is 23.6 Å². The van der Waals surface area contributed by atoms with Crippen LogP contribution in [-0.2, 0) is 0 Å². The molecule has 2 heterocycles. The maximum Gasteiger partial charge on any atom is 0.273 e. The van der Waals surface area contributed by atoms with Gasteiger partial charge in [-0.25, -0.2) is 0 Å². The number of H-pyrrole nitrogens is 1. The van der Waals surface area contributed by atoms with Crippen LogP contribution in [0.3, 0.4) is 0 Å². The number of hydrogen-bond acceptors (Lipinski definition) is 4. The third-order valence-electron chi connectivity index (χ3n) is 4.89. The number of nitrogens with one attached hydrogen (secondary N) is 1. The number of aromatic nitrogens is 2. The lowest BCUT2D eigenvalue weighted by atomic mass is 9.95. The number of benzene rings is 2. The van der Waals surface area contributed by atoms with Gasteiger partial charge in [0.1, 0.15) is 5.69 Å². The van der Waals surface area contributed by atoms with Gasteiger partial charge in [-0.1, -0.05) is 44.2 Å². The molecule has 7 heteroatoms. The molecule has 1 unspecified atom stereocenters. The topological polar surface area (TPSA) is 92.1 Å². The Hall–Kier alpha value is -3.48. The summed E-state index contributed by atoms with van der Waals surface area (Å²) < 4.78 is 0. The van der Waals surface area contributed by atoms with Crippen molar-refractivity contribution in [2.45, 2.75) is 19.9 Å². The van der Waals surface area contributed by atoms with Gasteiger partial charge in [-0.15, -0.1) is 0 Å². The molecule has 1 atom stereocenters. The number of rotatable bonds is 5. The van der Waals surface area contributed by atoms with E-state index >= 15 is 0 Å². The zero-order valence-corrected chi connectivity index (χ0v) is 15.6. The molecule has 0 spiro atoms. The van der Waals surface area contributed by atoms with Gasteiger partial charge >= 0.3 is 0 Å². The van der Waals surface area contributed by atoms with Crippen LogP contribution < -0.4 is 0 Å². The number of hydrogen-bond donors (Lipinski definition) is 1. The number of carbonyl (C=O) groups excluding carboxylic acids is 1. The van der Waals surface area contributed by atoms with Crippen molar-refractivity contribution in [2.24, 2.45) is 5.92 Å². The lowest BCUT2D eigenvalue weighted by Gasteiger charge is -2.27. The van der Waals surface area contributed by atoms with Gasteiger partial charge in [0.15, 0.2) is 0 Å². The van der Waals surface area contributed by atoms with Crippen molar-refractivity contribution in [1.29, 1.82) is 0 Å². The van der Waals surface area contributed by atoms with E-state index in [4.69, 9.17) is 0 Å². The Morgan fingerprint density at radius 1 is 1.14 bits per heavy atom. The SMILES string of the molecule is CC(C)CN1C(=O)c2[nH]nc(-c3ccccc3)c2C1c1ccc([N+](=O)[O-])cc1. The number of nitro groups is 1. The van der Waals surface area contributed by atoms with Crippen LogP contribution in [0.4, 0.5) is 5.69 Å². The fourth-order valence-corrected chi connectivity index (χ4v) is 3.72. The molecule has 4 rings (SSSR count). The standard InChI is InChI=1S/C21H20N4O3/c1-13(2)12-24-20(15-8-10-16(11-9-15)25(27)28)17-18(14-6-4-3-5-7-14)22-23-19(17)21(24)26/h3-11,13,20H,12H2,1-2H3,(H,22,23). The molecule has 0 saturated carbocycles. The van der Waals surface area contributed by atoms with Crippen LogP contribution in [-0.4, -0.2) is 32.5 Å². The summed E-state index contributed by atoms with van der Waals surface area (Å²) in [5.74, 6) is 0.184. The highest BCUT2D eigenvalue weighted by molar-refractivity contribution is 6.00. The number of fused-ring (bicyclic) bond motifs is 1. The quantitative estimate of drug-likeness (QED) is 0.534. The molecule has 0 saturated heterocycles. The van der Waals surface area contributed by atoms with E-state index in [9.17, 15) is 14.9 Å². The van der Waals surface area contributed by atoms with Crippen LogP contribution in [0.25, 0.3) is 11.3 Å². The average molecular weight is 376 g/mol. The zero-order chi connectivity index (χ0) is 19.8. The summed E-state index contributed by atoms with van der Waals surface area (Å²) in [6.45, 7) is 4.70. The number of amides is 1. The molecule has 0 radical (unpaired) electrons. The normalized spacial score (nSPS) is 15.9. The zero-order valence-electron chi connectivity index (χ0n) is 15.6. The number of non-ortho nitro benzene ring substituents is 1. The summed E-state index contributed by atoms with van der Waals surface area (Å²) in [6, 6.07) is 15.8. The third kappa shape index (κ3) is 2.94. The molecular weight excluding hydrogens is 356 g/mol. The molecule has 7 nitrogen and oxygen atoms in total. The van der Waals surface area contributed by atoms with Gasteiger partial charge < -0.3 is 4.90 Å². The van der Waals surface area contributed by atoms with Gasteiger partial charge in [0, 0.05) is 29.8 Å². The van der Waals surface area contributed by atoms with E-state index in [2.05, 4.69) is 24.0 Å². The first-order valence-electron chi connectivity index (χ1n) is 9.16. The first-order chi connectivity index (χ1) is 13.5. The van der Waals surface area contributed by atoms with E-state index in [0.717, 1.165) is 22.4 Å². The summed E-state index contributed by atoms with van der Waals surface area (Å²) in [7, 11) is 0. The summed E-state index contributed by atoms with van der Waals surface area (Å²) in [5.41, 5.74) is 3.83. The van der Waals surface area contributed by atoms with Crippen molar-refractivity contribution in [3.05, 3.63) is 81.5 Å². The molecule has 1 amide bonds. The highest BCUT2D eigenvalue weighted by atomic mass is 16.6. The molecule has 3 aromatic rings. The van der Waals surface area contributed by atoms with Crippen LogP contribution in [0, 0.1) is 16.0 Å². The number of nitrogens with zero attached hydrogens (tertiary/aromatic N) is 3. The maximum atomic E-state index is 13.1. The smallest absolute Gasteiger partial charge is 0.273 e. The molecule has 0 aliphatic carbocycles. The fourth-order valence-electron chi connectivity index (χ4n) is 3.72. The summed E-state index contributed by atoms with van der Waals surface area (Å²) >= 11 is 0. The molecule has 28 heavy (non-hydrogen) atoms. The van der Waals surface area contributed by atoms with Gasteiger partial charge in [0.2, 0.25) is 0 Å². The second-order valence-electron chi connectivity index (χ2n) is 7.33. The first kappa shape index (κ1) is 17.9. The second kappa shape index (κ2) is 6.92. The molecule has 0 bridgehead atoms. The minimum atomic E-state index is -0.422. The third-order valence-corrected chi connectivity index (χ3v) is 4.89. The minimum absolute atomic E-state index is 0.0270. The number of aromatic amines is 1. The largest absolute Gasteiger partial charge is 0.326 e. The Bertz CT molecular complexity index is 1030. The Morgan fingerprint density at radius 3 is 2.43 bits per heavy atom. The van der Waals surface area contributed by atoms with Gasteiger partial charge in [0.05, 0.1) is 16.7 Å². The fraction of sp³-hybridized carbons (Fsp3) is 0.238. The number of nitro benzene ring substituents is 1. The summed E-state index contributed by atoms with van der Waals surface area (Å²) in [6.07, 6.45) is 0. The lowest BCUT2D eigenvalue weighted by Crippen LogP contribution is -2.32. The monoisotopic (exact) mass is 376 g/mol. The van der Waals surface area contributed by atoms with Crippen molar-refractivity contribution < 1.29 is 9.72 Å². The predicted molar refractivity (Wildman–Crippen MR) is 105 cm³/mol. The second-order valence-corrected chi connectivity index (χ2v) is 7.33. The molecular formula is C21H20N4O3. The van der Waals surface area contributed by atoms with Crippen LogP contribution in [0.15, 0.2) is 54.6 Å². The van der Waals surface area contributed by atoms with Crippen LogP contribution in [0.2, 0.25) is 0 Å². The lowest BCUT2D eigenvalue weighted by molar-refractivity contribution is -0.384. The van der Waals surface area contributed by atoms with Crippen molar-refractivity contribution >= 4 is 11.6 Å². The maximum absolute atomic E-state index is 13.1. The summed E-state index contributed by atoms with van der Waals surface area (Å²) in [4.78, 5) is 25.5. The van der Waals surface area contributed by atoms with Gasteiger partial charge in [-0.2, -0.15) is 5.10 Å². The Kier molecular flexibility index (Phi) is 4.43. The predicted octanol–water partition coefficient (Wildman–Crippen LogP) is 4.19. The van der Waals surface area contributed by atoms with Crippen molar-refractivity contribution in [3.8, 4) is 11.3 Å². The number of carbonyl (C=O) groups is 1. The highest BCUT2D eigenvalue weighted by Gasteiger charge is 2.42. The van der Waals surface area contributed by atoms with E-state index in [1.807, 2.05) is 35.2 Å². The average Bonchev–Trinajstić information content (AvgIpc) is 3.22. The molecule has 1 aromatic heterocycles. The summed E-state index contributed by atoms with van der Waals surface area (Å²) in [5, 5.41) is 18.3. The van der Waals surface area contributed by atoms with Gasteiger partial charge in [0.25, 0.3) is 11.6 Å². The van der Waals surface area contributed by atoms with E-state index in [1.165, 1.54) is 12.1 Å². The van der Waals surface area contributed by atoms with E-state index < -0.39 is 4.92 Å². The van der Waals surface area contributed by atoms with E-state index in [0.29, 0.717) is 12.2 Å². The molecule has 142 valence electrons. The van der Waals surface area contributed by atoms with Crippen LogP contribution in [0.5, 0.6) is 0 Å². The molecule has 1 N–H and O–H groups in total. The van der Waals surface area contributed by atoms with Crippen molar-refractivity contribution in [1.82, 2.24) is 15.1 Å². The minimum Gasteiger partial charge on any atom is -0.326 e. The van der Waals surface area contributed by atoms with Crippen LogP contribution in [0.1, 0.15) is 41.5 Å². The molecule has 1 aliphatic rings. The van der Waals surface area contributed by atoms with Crippen LogP contribution >= 0.6 is 0 Å². The molecule has 1 aliphatic heterocycles. The highest BCUT2D eigenvalue weighted by Crippen LogP contribution is 2.43. The van der Waals surface area contributed by atoms with Gasteiger partial charge in [-0.05, 0) is 23.6 Å². The van der Waals surface area contributed by atoms with Crippen molar-refractivity contribution in [2.75, 3.05) is 6.54 Å². The molecule has 0 fully saturated rings. The molecule has 2 aromatic carbocycles. The van der Waals surface area contributed by atoms with Crippen molar-refractivity contribution in [3.63, 3.8) is 0 Å². The Balaban J connectivity index is 1.86. The Morgan fingerprint density at radius 2 is 1.82 bits per heavy atom. The first-order valence-corrected chi connectivity index (χ1v) is 9.16. The van der Waals surface area contributed by atoms with E-state index in [1.54, 1.807) is 12.1 Å². The van der Waals surface area contributed by atoms with Gasteiger partial charge in [-0.3, -0.25) is 20.0 Å².